The minimum Gasteiger partial charge on any atom is -0.335 e. The molecule has 2 aliphatic rings. The minimum absolute atomic E-state index is 0.217. The second kappa shape index (κ2) is 6.84. The number of aromatic nitrogens is 2. The Labute approximate surface area is 144 Å². The van der Waals surface area contributed by atoms with Crippen molar-refractivity contribution in [2.45, 2.75) is 84.3 Å². The molecule has 23 heavy (non-hydrogen) atoms. The third-order valence-corrected chi connectivity index (χ3v) is 6.14. The summed E-state index contributed by atoms with van der Waals surface area (Å²) in [5.41, 5.74) is 1.70. The Morgan fingerprint density at radius 2 is 1.74 bits per heavy atom. The Hall–Kier alpha value is -1.03. The van der Waals surface area contributed by atoms with Crippen LogP contribution in [0.4, 0.5) is 0 Å². The molecule has 3 rings (SSSR count). The molecule has 128 valence electrons. The van der Waals surface area contributed by atoms with E-state index in [9.17, 15) is 4.79 Å². The van der Waals surface area contributed by atoms with E-state index in [1.807, 2.05) is 13.8 Å². The van der Waals surface area contributed by atoms with Crippen LogP contribution in [-0.2, 0) is 11.3 Å². The van der Waals surface area contributed by atoms with Gasteiger partial charge in [0.1, 0.15) is 6.54 Å². The molecule has 2 fully saturated rings. The van der Waals surface area contributed by atoms with Crippen LogP contribution in [0.1, 0.15) is 63.3 Å². The van der Waals surface area contributed by atoms with Crippen LogP contribution in [-0.4, -0.2) is 32.7 Å². The molecule has 4 nitrogen and oxygen atoms in total. The third kappa shape index (κ3) is 3.57. The molecule has 0 atom stereocenters. The largest absolute Gasteiger partial charge is 0.335 e. The fourth-order valence-electron chi connectivity index (χ4n) is 3.93. The third-order valence-electron chi connectivity index (χ3n) is 5.59. The highest BCUT2D eigenvalue weighted by Gasteiger charge is 2.38. The number of aryl methyl sites for hydroxylation is 1. The fourth-order valence-corrected chi connectivity index (χ4v) is 4.06. The van der Waals surface area contributed by atoms with E-state index in [1.54, 1.807) is 4.68 Å². The number of hydrogen-bond donors (Lipinski definition) is 0. The second-order valence-corrected chi connectivity index (χ2v) is 7.64. The van der Waals surface area contributed by atoms with Gasteiger partial charge in [0, 0.05) is 12.1 Å². The van der Waals surface area contributed by atoms with Crippen molar-refractivity contribution in [2.24, 2.45) is 5.92 Å². The van der Waals surface area contributed by atoms with E-state index < -0.39 is 0 Å². The lowest BCUT2D eigenvalue weighted by molar-refractivity contribution is -0.136. The van der Waals surface area contributed by atoms with Crippen LogP contribution in [0.5, 0.6) is 0 Å². The standard InChI is InChI=1S/C18H28ClN3O/c1-4-14-5-7-15(8-6-14)22(16-9-10-16)17(23)11-21-13(3)18(19)12(2)20-21/h14-16H,4-11H2,1-3H3. The molecule has 1 aromatic rings. The summed E-state index contributed by atoms with van der Waals surface area (Å²) in [5.74, 6) is 1.08. The van der Waals surface area contributed by atoms with E-state index in [1.165, 1.54) is 32.1 Å². The first-order valence-electron chi connectivity index (χ1n) is 9.01. The number of carbonyl (C=O) groups is 1. The van der Waals surface area contributed by atoms with E-state index in [0.717, 1.165) is 30.1 Å². The van der Waals surface area contributed by atoms with Crippen LogP contribution < -0.4 is 0 Å². The Kier molecular flexibility index (Phi) is 5.00. The number of hydrogen-bond acceptors (Lipinski definition) is 2. The van der Waals surface area contributed by atoms with Crippen molar-refractivity contribution in [3.05, 3.63) is 16.4 Å². The zero-order chi connectivity index (χ0) is 16.6. The van der Waals surface area contributed by atoms with Crippen molar-refractivity contribution in [3.63, 3.8) is 0 Å². The van der Waals surface area contributed by atoms with Crippen molar-refractivity contribution in [2.75, 3.05) is 0 Å². The predicted octanol–water partition coefficient (Wildman–Crippen LogP) is 4.11. The fraction of sp³-hybridized carbons (Fsp3) is 0.778. The van der Waals surface area contributed by atoms with Crippen molar-refractivity contribution < 1.29 is 4.79 Å². The maximum Gasteiger partial charge on any atom is 0.244 e. The zero-order valence-corrected chi connectivity index (χ0v) is 15.3. The Bertz CT molecular complexity index is 571. The molecule has 2 aliphatic carbocycles. The summed E-state index contributed by atoms with van der Waals surface area (Å²) in [7, 11) is 0. The number of amides is 1. The van der Waals surface area contributed by atoms with Crippen LogP contribution in [0, 0.1) is 19.8 Å². The van der Waals surface area contributed by atoms with Gasteiger partial charge in [-0.15, -0.1) is 0 Å². The summed E-state index contributed by atoms with van der Waals surface area (Å²) in [5, 5.41) is 5.10. The Morgan fingerprint density at radius 1 is 1.17 bits per heavy atom. The van der Waals surface area contributed by atoms with E-state index in [2.05, 4.69) is 16.9 Å². The van der Waals surface area contributed by atoms with E-state index in [0.29, 0.717) is 23.7 Å². The summed E-state index contributed by atoms with van der Waals surface area (Å²) < 4.78 is 1.77. The topological polar surface area (TPSA) is 38.1 Å². The number of carbonyl (C=O) groups excluding carboxylic acids is 1. The second-order valence-electron chi connectivity index (χ2n) is 7.26. The summed E-state index contributed by atoms with van der Waals surface area (Å²) in [6.45, 7) is 6.43. The average Bonchev–Trinajstić information content (AvgIpc) is 3.34. The summed E-state index contributed by atoms with van der Waals surface area (Å²) >= 11 is 6.21. The molecule has 1 heterocycles. The molecule has 0 aromatic carbocycles. The van der Waals surface area contributed by atoms with Gasteiger partial charge in [-0.3, -0.25) is 9.48 Å². The molecule has 0 spiro atoms. The smallest absolute Gasteiger partial charge is 0.244 e. The van der Waals surface area contributed by atoms with E-state index >= 15 is 0 Å². The Balaban J connectivity index is 1.69. The minimum atomic E-state index is 0.217. The molecule has 1 amide bonds. The lowest BCUT2D eigenvalue weighted by Crippen LogP contribution is -2.45. The highest BCUT2D eigenvalue weighted by molar-refractivity contribution is 6.31. The maximum absolute atomic E-state index is 12.9. The number of nitrogens with zero attached hydrogens (tertiary/aromatic N) is 3. The van der Waals surface area contributed by atoms with Crippen LogP contribution in [0.25, 0.3) is 0 Å². The molecule has 2 saturated carbocycles. The first-order chi connectivity index (χ1) is 11.0. The monoisotopic (exact) mass is 337 g/mol. The van der Waals surface area contributed by atoms with Crippen molar-refractivity contribution in [1.29, 1.82) is 0 Å². The van der Waals surface area contributed by atoms with Gasteiger partial charge in [-0.05, 0) is 58.3 Å². The van der Waals surface area contributed by atoms with E-state index in [-0.39, 0.29) is 5.91 Å². The molecule has 0 unspecified atom stereocenters. The molecule has 0 aliphatic heterocycles. The van der Waals surface area contributed by atoms with Gasteiger partial charge in [-0.2, -0.15) is 5.10 Å². The van der Waals surface area contributed by atoms with Gasteiger partial charge < -0.3 is 4.90 Å². The average molecular weight is 338 g/mol. The molecular weight excluding hydrogens is 310 g/mol. The summed E-state index contributed by atoms with van der Waals surface area (Å²) in [6, 6.07) is 0.906. The van der Waals surface area contributed by atoms with Crippen molar-refractivity contribution in [1.82, 2.24) is 14.7 Å². The highest BCUT2D eigenvalue weighted by Crippen LogP contribution is 2.36. The van der Waals surface area contributed by atoms with Gasteiger partial charge in [0.15, 0.2) is 0 Å². The number of halogens is 1. The van der Waals surface area contributed by atoms with Gasteiger partial charge in [0.2, 0.25) is 5.91 Å². The predicted molar refractivity (Wildman–Crippen MR) is 92.6 cm³/mol. The van der Waals surface area contributed by atoms with Crippen LogP contribution in [0.3, 0.4) is 0 Å². The van der Waals surface area contributed by atoms with Crippen molar-refractivity contribution >= 4 is 17.5 Å². The van der Waals surface area contributed by atoms with Gasteiger partial charge in [-0.25, -0.2) is 0 Å². The lowest BCUT2D eigenvalue weighted by atomic mass is 9.84. The molecule has 0 saturated heterocycles. The van der Waals surface area contributed by atoms with Crippen LogP contribution >= 0.6 is 11.6 Å². The normalized spacial score (nSPS) is 24.7. The summed E-state index contributed by atoms with van der Waals surface area (Å²) in [6.07, 6.45) is 8.47. The van der Waals surface area contributed by atoms with Crippen LogP contribution in [0.15, 0.2) is 0 Å². The van der Waals surface area contributed by atoms with Crippen LogP contribution in [0.2, 0.25) is 5.02 Å². The quantitative estimate of drug-likeness (QED) is 0.810. The first kappa shape index (κ1) is 16.8. The first-order valence-corrected chi connectivity index (χ1v) is 9.39. The number of rotatable bonds is 5. The molecule has 5 heteroatoms. The summed E-state index contributed by atoms with van der Waals surface area (Å²) in [4.78, 5) is 15.1. The molecule has 1 aromatic heterocycles. The SMILES string of the molecule is CCC1CCC(N(C(=O)Cn2nc(C)c(Cl)c2C)C2CC2)CC1. The van der Waals surface area contributed by atoms with Gasteiger partial charge in [0.05, 0.1) is 16.4 Å². The van der Waals surface area contributed by atoms with Gasteiger partial charge in [0.25, 0.3) is 0 Å². The van der Waals surface area contributed by atoms with Gasteiger partial charge >= 0.3 is 0 Å². The van der Waals surface area contributed by atoms with Crippen molar-refractivity contribution in [3.8, 4) is 0 Å². The highest BCUT2D eigenvalue weighted by atomic mass is 35.5. The molecule has 0 bridgehead atoms. The molecule has 0 N–H and O–H groups in total. The lowest BCUT2D eigenvalue weighted by Gasteiger charge is -2.37. The Morgan fingerprint density at radius 3 is 2.17 bits per heavy atom. The maximum atomic E-state index is 12.9. The van der Waals surface area contributed by atoms with E-state index in [4.69, 9.17) is 11.6 Å². The molecular formula is C18H28ClN3O. The molecule has 0 radical (unpaired) electrons. The zero-order valence-electron chi connectivity index (χ0n) is 14.5. The van der Waals surface area contributed by atoms with Gasteiger partial charge in [-0.1, -0.05) is 24.9 Å².